The Morgan fingerprint density at radius 2 is 1.79 bits per heavy atom. The maximum atomic E-state index is 13.7. The van der Waals surface area contributed by atoms with Crippen molar-refractivity contribution in [1.29, 1.82) is 0 Å². The highest BCUT2D eigenvalue weighted by molar-refractivity contribution is 8.02. The van der Waals surface area contributed by atoms with Crippen molar-refractivity contribution in [3.05, 3.63) is 112 Å². The average molecular weight is 576 g/mol. The summed E-state index contributed by atoms with van der Waals surface area (Å²) in [6, 6.07) is 16.4. The summed E-state index contributed by atoms with van der Waals surface area (Å²) >= 11 is 7.40. The largest absolute Gasteiger partial charge is 0.419 e. The highest BCUT2D eigenvalue weighted by Gasteiger charge is 2.36. The first kappa shape index (κ1) is 28.5. The van der Waals surface area contributed by atoms with E-state index in [-0.39, 0.29) is 10.8 Å². The number of nitrogens with two attached hydrogens (primary N) is 1. The van der Waals surface area contributed by atoms with E-state index in [1.165, 1.54) is 42.2 Å². The molecule has 0 bridgehead atoms. The van der Waals surface area contributed by atoms with Crippen molar-refractivity contribution in [2.75, 3.05) is 31.1 Å². The number of aliphatic imine (C=N–C) groups is 1. The number of amidine groups is 1. The molecule has 1 aliphatic rings. The molecule has 1 fully saturated rings. The maximum absolute atomic E-state index is 13.7. The second-order valence-corrected chi connectivity index (χ2v) is 10.2. The number of thioether (sulfide) groups is 1. The Kier molecular flexibility index (Phi) is 9.19. The van der Waals surface area contributed by atoms with Crippen LogP contribution in [0.5, 0.6) is 0 Å². The van der Waals surface area contributed by atoms with E-state index < -0.39 is 17.6 Å². The Bertz CT molecular complexity index is 1370. The van der Waals surface area contributed by atoms with Crippen LogP contribution in [-0.4, -0.2) is 41.9 Å². The van der Waals surface area contributed by atoms with E-state index in [9.17, 15) is 17.6 Å². The van der Waals surface area contributed by atoms with Crippen molar-refractivity contribution in [2.45, 2.75) is 11.9 Å². The summed E-state index contributed by atoms with van der Waals surface area (Å²) in [6.45, 7) is 5.40. The molecule has 11 heteroatoms. The normalized spacial score (nSPS) is 15.0. The number of nitrogens with zero attached hydrogens (tertiary/aromatic N) is 4. The van der Waals surface area contributed by atoms with Gasteiger partial charge in [0.05, 0.1) is 15.6 Å². The summed E-state index contributed by atoms with van der Waals surface area (Å²) in [6.07, 6.45) is -1.50. The van der Waals surface area contributed by atoms with Crippen molar-refractivity contribution in [3.63, 3.8) is 0 Å². The van der Waals surface area contributed by atoms with Crippen molar-refractivity contribution in [3.8, 4) is 0 Å². The fourth-order valence-electron chi connectivity index (χ4n) is 4.01. The molecule has 0 aliphatic carbocycles. The highest BCUT2D eigenvalue weighted by atomic mass is 35.5. The van der Waals surface area contributed by atoms with Crippen LogP contribution in [0.2, 0.25) is 5.02 Å². The number of benzene rings is 2. The van der Waals surface area contributed by atoms with E-state index in [1.807, 2.05) is 35.2 Å². The smallest absolute Gasteiger partial charge is 0.398 e. The topological polar surface area (TPSA) is 57.8 Å². The number of anilines is 1. The van der Waals surface area contributed by atoms with Crippen LogP contribution in [0, 0.1) is 5.82 Å². The van der Waals surface area contributed by atoms with Crippen LogP contribution >= 0.6 is 23.4 Å². The molecule has 0 saturated carbocycles. The van der Waals surface area contributed by atoms with E-state index in [0.29, 0.717) is 54.1 Å². The highest BCUT2D eigenvalue weighted by Crippen LogP contribution is 2.35. The van der Waals surface area contributed by atoms with Crippen molar-refractivity contribution < 1.29 is 17.6 Å². The molecule has 0 spiro atoms. The van der Waals surface area contributed by atoms with Gasteiger partial charge in [-0.05, 0) is 41.5 Å². The molecular formula is C28H26ClF4N5S. The summed E-state index contributed by atoms with van der Waals surface area (Å²) in [5, 5.41) is 0.483. The second-order valence-electron chi connectivity index (χ2n) is 8.71. The molecule has 0 atom stereocenters. The molecule has 2 heterocycles. The number of hydrogen-bond donors (Lipinski definition) is 1. The summed E-state index contributed by atoms with van der Waals surface area (Å²) in [5.41, 5.74) is 7.50. The molecule has 39 heavy (non-hydrogen) atoms. The van der Waals surface area contributed by atoms with Gasteiger partial charge in [0, 0.05) is 49.9 Å². The lowest BCUT2D eigenvalue weighted by atomic mass is 10.1. The van der Waals surface area contributed by atoms with Gasteiger partial charge < -0.3 is 15.5 Å². The third-order valence-electron chi connectivity index (χ3n) is 6.02. The van der Waals surface area contributed by atoms with Gasteiger partial charge in [-0.1, -0.05) is 48.5 Å². The number of halogens is 5. The first-order chi connectivity index (χ1) is 18.6. The van der Waals surface area contributed by atoms with Gasteiger partial charge in [0.25, 0.3) is 0 Å². The fraction of sp³-hybridized carbons (Fsp3) is 0.214. The second kappa shape index (κ2) is 12.6. The average Bonchev–Trinajstić information content (AvgIpc) is 2.93. The van der Waals surface area contributed by atoms with Gasteiger partial charge in [-0.2, -0.15) is 13.2 Å². The predicted molar refractivity (Wildman–Crippen MR) is 151 cm³/mol. The quantitative estimate of drug-likeness (QED) is 0.190. The van der Waals surface area contributed by atoms with Crippen molar-refractivity contribution in [1.82, 2.24) is 9.88 Å². The number of rotatable bonds is 7. The van der Waals surface area contributed by atoms with Gasteiger partial charge in [0.15, 0.2) is 0 Å². The van der Waals surface area contributed by atoms with E-state index in [2.05, 4.69) is 11.6 Å². The van der Waals surface area contributed by atoms with Crippen LogP contribution < -0.4 is 10.6 Å². The zero-order valence-electron chi connectivity index (χ0n) is 20.8. The Labute approximate surface area is 233 Å². The fourth-order valence-corrected chi connectivity index (χ4v) is 4.88. The molecule has 4 rings (SSSR count). The van der Waals surface area contributed by atoms with Gasteiger partial charge >= 0.3 is 6.18 Å². The van der Waals surface area contributed by atoms with Crippen LogP contribution in [0.15, 0.2) is 89.5 Å². The molecule has 1 saturated heterocycles. The van der Waals surface area contributed by atoms with E-state index >= 15 is 0 Å². The molecule has 2 aromatic carbocycles. The molecule has 204 valence electrons. The minimum Gasteiger partial charge on any atom is -0.398 e. The molecule has 0 radical (unpaired) electrons. The standard InChI is InChI=1S/C28H26ClF4N5S/c1-19(39-18-20-6-3-2-4-7-20)36-26(17-25(34)21-9-10-24(30)23(29)16-21)37-12-14-38(15-13-37)27-22(28(31,32)33)8-5-11-35-27/h2-11,16-17H,1,12-15,18,34H2/b25-17-,36-26?. The van der Waals surface area contributed by atoms with Gasteiger partial charge in [0.2, 0.25) is 0 Å². The SMILES string of the molecule is C=C(N=C(/C=C(\N)c1ccc(F)c(Cl)c1)N1CCN(c2ncccc2C(F)(F)F)CC1)SCc1ccccc1. The molecule has 1 aromatic heterocycles. The first-order valence-corrected chi connectivity index (χ1v) is 13.4. The molecule has 0 unspecified atom stereocenters. The van der Waals surface area contributed by atoms with Crippen LogP contribution in [0.25, 0.3) is 5.70 Å². The van der Waals surface area contributed by atoms with Gasteiger partial charge in [-0.15, -0.1) is 11.8 Å². The molecule has 1 aliphatic heterocycles. The Morgan fingerprint density at radius 3 is 2.46 bits per heavy atom. The van der Waals surface area contributed by atoms with E-state index in [0.717, 1.165) is 11.6 Å². The summed E-state index contributed by atoms with van der Waals surface area (Å²) in [4.78, 5) is 12.3. The van der Waals surface area contributed by atoms with Crippen LogP contribution in [0.1, 0.15) is 16.7 Å². The molecular weight excluding hydrogens is 550 g/mol. The summed E-state index contributed by atoms with van der Waals surface area (Å²) < 4.78 is 54.3. The molecule has 2 N–H and O–H groups in total. The Morgan fingerprint density at radius 1 is 1.08 bits per heavy atom. The number of alkyl halides is 3. The van der Waals surface area contributed by atoms with E-state index in [4.69, 9.17) is 22.3 Å². The van der Waals surface area contributed by atoms with Crippen LogP contribution in [-0.2, 0) is 11.9 Å². The number of piperazine rings is 1. The van der Waals surface area contributed by atoms with E-state index in [1.54, 1.807) is 11.0 Å². The van der Waals surface area contributed by atoms with Crippen LogP contribution in [0.4, 0.5) is 23.4 Å². The lowest BCUT2D eigenvalue weighted by Gasteiger charge is -2.37. The first-order valence-electron chi connectivity index (χ1n) is 12.0. The monoisotopic (exact) mass is 575 g/mol. The lowest BCUT2D eigenvalue weighted by Crippen LogP contribution is -2.49. The Hall–Kier alpha value is -3.50. The van der Waals surface area contributed by atoms with Gasteiger partial charge in [-0.25, -0.2) is 14.4 Å². The molecule has 0 amide bonds. The van der Waals surface area contributed by atoms with Gasteiger partial charge in [0.1, 0.15) is 17.5 Å². The third-order valence-corrected chi connectivity index (χ3v) is 7.21. The zero-order valence-corrected chi connectivity index (χ0v) is 22.4. The summed E-state index contributed by atoms with van der Waals surface area (Å²) in [5.74, 6) is 0.505. The van der Waals surface area contributed by atoms with Crippen LogP contribution in [0.3, 0.4) is 0 Å². The molecule has 5 nitrogen and oxygen atoms in total. The minimum atomic E-state index is -4.51. The number of aromatic nitrogens is 1. The zero-order chi connectivity index (χ0) is 28.0. The van der Waals surface area contributed by atoms with Crippen molar-refractivity contribution in [2.24, 2.45) is 10.7 Å². The third kappa shape index (κ3) is 7.54. The molecule has 3 aromatic rings. The lowest BCUT2D eigenvalue weighted by molar-refractivity contribution is -0.137. The number of hydrogen-bond acceptors (Lipinski definition) is 5. The summed E-state index contributed by atoms with van der Waals surface area (Å²) in [7, 11) is 0. The number of pyridine rings is 1. The van der Waals surface area contributed by atoms with Crippen molar-refractivity contribution >= 4 is 40.7 Å². The maximum Gasteiger partial charge on any atom is 0.419 e. The predicted octanol–water partition coefficient (Wildman–Crippen LogP) is 6.82. The van der Waals surface area contributed by atoms with Gasteiger partial charge in [-0.3, -0.25) is 0 Å². The minimum absolute atomic E-state index is 0.0605. The Balaban J connectivity index is 1.56.